The minimum atomic E-state index is -0.895. The lowest BCUT2D eigenvalue weighted by molar-refractivity contribution is -0.384. The van der Waals surface area contributed by atoms with E-state index in [4.69, 9.17) is 4.74 Å². The number of aromatic nitrogens is 3. The molecule has 0 aliphatic heterocycles. The fourth-order valence-electron chi connectivity index (χ4n) is 3.65. The summed E-state index contributed by atoms with van der Waals surface area (Å²) in [7, 11) is 0. The molecule has 0 saturated carbocycles. The first kappa shape index (κ1) is 24.2. The van der Waals surface area contributed by atoms with E-state index in [1.54, 1.807) is 6.92 Å². The Morgan fingerprint density at radius 1 is 1.17 bits per heavy atom. The first-order valence-electron chi connectivity index (χ1n) is 10.3. The summed E-state index contributed by atoms with van der Waals surface area (Å²) in [4.78, 5) is 40.8. The highest BCUT2D eigenvalue weighted by atomic mass is 79.9. The van der Waals surface area contributed by atoms with Gasteiger partial charge in [0.05, 0.1) is 29.5 Å². The smallest absolute Gasteiger partial charge is 0.345 e. The molecule has 9 nitrogen and oxygen atoms in total. The molecule has 0 aliphatic rings. The number of rotatable bonds is 7. The maximum atomic E-state index is 14.4. The van der Waals surface area contributed by atoms with Gasteiger partial charge in [-0.15, -0.1) is 0 Å². The number of nitrogens with zero attached hydrogens (tertiary/aromatic N) is 4. The summed E-state index contributed by atoms with van der Waals surface area (Å²) in [5.41, 5.74) is -0.366. The van der Waals surface area contributed by atoms with Crippen molar-refractivity contribution in [1.82, 2.24) is 14.0 Å². The topological polar surface area (TPSA) is 109 Å². The van der Waals surface area contributed by atoms with Crippen LogP contribution in [0.3, 0.4) is 0 Å². The van der Waals surface area contributed by atoms with Gasteiger partial charge in [-0.1, -0.05) is 22.0 Å². The largest absolute Gasteiger partial charge is 0.462 e. The number of carbonyl (C=O) groups is 1. The molecule has 2 aromatic heterocycles. The number of esters is 1. The van der Waals surface area contributed by atoms with E-state index in [0.29, 0.717) is 17.0 Å². The van der Waals surface area contributed by atoms with E-state index in [1.807, 2.05) is 0 Å². The lowest BCUT2D eigenvalue weighted by atomic mass is 10.1. The molecule has 0 aliphatic carbocycles. The lowest BCUT2D eigenvalue weighted by Gasteiger charge is -2.12. The number of fused-ring (bicyclic) bond motifs is 1. The second kappa shape index (κ2) is 9.74. The van der Waals surface area contributed by atoms with Gasteiger partial charge in [0, 0.05) is 34.8 Å². The average molecular weight is 547 g/mol. The SMILES string of the molecule is CCOC(=O)c1cn(Cc2c(F)cccc2F)c2nc(-c3ccc([N+](=O)[O-])cc3)c(CBr)n2c1=O. The third-order valence-electron chi connectivity index (χ3n) is 5.29. The van der Waals surface area contributed by atoms with Crippen molar-refractivity contribution in [3.8, 4) is 11.3 Å². The van der Waals surface area contributed by atoms with Crippen molar-refractivity contribution >= 4 is 33.4 Å². The van der Waals surface area contributed by atoms with Crippen LogP contribution in [-0.2, 0) is 16.6 Å². The van der Waals surface area contributed by atoms with Gasteiger partial charge in [0.15, 0.2) is 0 Å². The summed E-state index contributed by atoms with van der Waals surface area (Å²) in [6.45, 7) is 1.23. The summed E-state index contributed by atoms with van der Waals surface area (Å²) in [5, 5.41) is 11.1. The van der Waals surface area contributed by atoms with Crippen LogP contribution >= 0.6 is 15.9 Å². The Morgan fingerprint density at radius 2 is 1.83 bits per heavy atom. The zero-order valence-electron chi connectivity index (χ0n) is 18.2. The Hall–Kier alpha value is -3.93. The Kier molecular flexibility index (Phi) is 6.74. The predicted molar refractivity (Wildman–Crippen MR) is 126 cm³/mol. The number of benzene rings is 2. The Bertz CT molecular complexity index is 1500. The quantitative estimate of drug-likeness (QED) is 0.146. The van der Waals surface area contributed by atoms with Crippen molar-refractivity contribution in [2.45, 2.75) is 18.8 Å². The predicted octanol–water partition coefficient (Wildman–Crippen LogP) is 4.47. The number of nitro benzene ring substituents is 1. The number of nitro groups is 1. The molecule has 0 radical (unpaired) electrons. The molecule has 0 N–H and O–H groups in total. The van der Waals surface area contributed by atoms with Gasteiger partial charge in [-0.25, -0.2) is 23.0 Å². The molecule has 0 bridgehead atoms. The standard InChI is InChI=1S/C23H17BrF2N4O5/c1-2-35-22(32)16-12-28(11-15-17(25)4-3-5-18(15)26)23-27-20(19(10-24)29(23)21(16)31)13-6-8-14(9-7-13)30(33)34/h3-9,12H,2,10-11H2,1H3. The van der Waals surface area contributed by atoms with E-state index in [0.717, 1.165) is 22.7 Å². The van der Waals surface area contributed by atoms with E-state index in [-0.39, 0.29) is 41.1 Å². The molecule has 0 unspecified atom stereocenters. The van der Waals surface area contributed by atoms with Crippen LogP contribution in [0.2, 0.25) is 0 Å². The zero-order chi connectivity index (χ0) is 25.3. The zero-order valence-corrected chi connectivity index (χ0v) is 19.8. The Labute approximate surface area is 204 Å². The number of halogens is 3. The van der Waals surface area contributed by atoms with Gasteiger partial charge in [0.2, 0.25) is 5.78 Å². The molecule has 4 rings (SSSR count). The number of non-ortho nitro benzene ring substituents is 1. The minimum Gasteiger partial charge on any atom is -0.462 e. The van der Waals surface area contributed by atoms with Crippen LogP contribution in [-0.4, -0.2) is 31.5 Å². The molecule has 2 heterocycles. The molecule has 4 aromatic rings. The normalized spacial score (nSPS) is 11.1. The van der Waals surface area contributed by atoms with Crippen LogP contribution in [0.5, 0.6) is 0 Å². The van der Waals surface area contributed by atoms with E-state index < -0.39 is 28.1 Å². The van der Waals surface area contributed by atoms with Gasteiger partial charge < -0.3 is 9.30 Å². The van der Waals surface area contributed by atoms with Gasteiger partial charge >= 0.3 is 5.97 Å². The number of hydrogen-bond acceptors (Lipinski definition) is 6. The van der Waals surface area contributed by atoms with Gasteiger partial charge in [0.25, 0.3) is 11.2 Å². The van der Waals surface area contributed by atoms with Crippen LogP contribution < -0.4 is 5.56 Å². The van der Waals surface area contributed by atoms with Crippen molar-refractivity contribution in [3.63, 3.8) is 0 Å². The summed E-state index contributed by atoms with van der Waals surface area (Å²) in [6.07, 6.45) is 1.16. The second-order valence-electron chi connectivity index (χ2n) is 7.38. The lowest BCUT2D eigenvalue weighted by Crippen LogP contribution is -2.27. The highest BCUT2D eigenvalue weighted by molar-refractivity contribution is 9.08. The fourth-order valence-corrected chi connectivity index (χ4v) is 4.17. The third kappa shape index (κ3) is 4.44. The van der Waals surface area contributed by atoms with Crippen molar-refractivity contribution in [2.24, 2.45) is 0 Å². The Morgan fingerprint density at radius 3 is 2.40 bits per heavy atom. The molecule has 180 valence electrons. The fraction of sp³-hybridized carbons (Fsp3) is 0.174. The molecule has 0 fully saturated rings. The van der Waals surface area contributed by atoms with E-state index >= 15 is 0 Å². The third-order valence-corrected chi connectivity index (χ3v) is 5.83. The van der Waals surface area contributed by atoms with E-state index in [2.05, 4.69) is 20.9 Å². The molecule has 0 amide bonds. The van der Waals surface area contributed by atoms with Crippen molar-refractivity contribution in [3.05, 3.63) is 97.6 Å². The summed E-state index contributed by atoms with van der Waals surface area (Å²) in [5.74, 6) is -2.48. The summed E-state index contributed by atoms with van der Waals surface area (Å²) < 4.78 is 36.3. The first-order chi connectivity index (χ1) is 16.8. The van der Waals surface area contributed by atoms with Gasteiger partial charge in [-0.3, -0.25) is 14.9 Å². The minimum absolute atomic E-state index is 0.0154. The van der Waals surface area contributed by atoms with Crippen LogP contribution in [0.1, 0.15) is 28.5 Å². The molecule has 35 heavy (non-hydrogen) atoms. The van der Waals surface area contributed by atoms with Crippen molar-refractivity contribution in [1.29, 1.82) is 0 Å². The molecular formula is C23H17BrF2N4O5. The summed E-state index contributed by atoms with van der Waals surface area (Å²) >= 11 is 3.33. The van der Waals surface area contributed by atoms with Crippen molar-refractivity contribution in [2.75, 3.05) is 6.61 Å². The van der Waals surface area contributed by atoms with Crippen LogP contribution in [0.25, 0.3) is 17.0 Å². The summed E-state index contributed by atoms with van der Waals surface area (Å²) in [6, 6.07) is 8.96. The van der Waals surface area contributed by atoms with Crippen LogP contribution in [0.15, 0.2) is 53.5 Å². The van der Waals surface area contributed by atoms with Crippen LogP contribution in [0.4, 0.5) is 14.5 Å². The average Bonchev–Trinajstić information content (AvgIpc) is 3.23. The molecular weight excluding hydrogens is 530 g/mol. The number of carbonyl (C=O) groups excluding carboxylic acids is 1. The van der Waals surface area contributed by atoms with E-state index in [1.165, 1.54) is 34.9 Å². The van der Waals surface area contributed by atoms with Gasteiger partial charge in [0.1, 0.15) is 17.2 Å². The van der Waals surface area contributed by atoms with Gasteiger partial charge in [-0.2, -0.15) is 0 Å². The molecule has 12 heteroatoms. The monoisotopic (exact) mass is 546 g/mol. The van der Waals surface area contributed by atoms with Crippen LogP contribution in [0, 0.1) is 21.7 Å². The molecule has 0 spiro atoms. The van der Waals surface area contributed by atoms with Gasteiger partial charge in [-0.05, 0) is 31.2 Å². The number of imidazole rings is 1. The second-order valence-corrected chi connectivity index (χ2v) is 7.94. The molecule has 0 atom stereocenters. The van der Waals surface area contributed by atoms with Crippen molar-refractivity contribution < 1.29 is 23.2 Å². The number of ether oxygens (including phenoxy) is 1. The Balaban J connectivity index is 2.00. The number of hydrogen-bond donors (Lipinski definition) is 0. The first-order valence-corrected chi connectivity index (χ1v) is 11.4. The number of alkyl halides is 1. The highest BCUT2D eigenvalue weighted by Gasteiger charge is 2.24. The molecule has 2 aromatic carbocycles. The highest BCUT2D eigenvalue weighted by Crippen LogP contribution is 2.28. The van der Waals surface area contributed by atoms with E-state index in [9.17, 15) is 28.5 Å². The molecule has 0 saturated heterocycles. The maximum absolute atomic E-state index is 14.4. The maximum Gasteiger partial charge on any atom is 0.345 e.